The lowest BCUT2D eigenvalue weighted by molar-refractivity contribution is 0.0739. The molecule has 0 amide bonds. The van der Waals surface area contributed by atoms with Crippen LogP contribution < -0.4 is 0 Å². The summed E-state index contributed by atoms with van der Waals surface area (Å²) in [6, 6.07) is 8.12. The maximum Gasteiger partial charge on any atom is 0.114 e. The molecule has 0 aliphatic rings. The zero-order valence-corrected chi connectivity index (χ0v) is 11.2. The quantitative estimate of drug-likeness (QED) is 0.810. The molecule has 2 aromatic rings. The first-order valence-electron chi connectivity index (χ1n) is 5.18. The van der Waals surface area contributed by atoms with Gasteiger partial charge in [-0.1, -0.05) is 23.8 Å². The van der Waals surface area contributed by atoms with Crippen LogP contribution in [0.1, 0.15) is 25.1 Å². The molecule has 3 heteroatoms. The number of aryl methyl sites for hydroxylation is 1. The Hall–Kier alpha value is -0.930. The Morgan fingerprint density at radius 1 is 1.25 bits per heavy atom. The molecule has 0 saturated heterocycles. The fourth-order valence-electron chi connectivity index (χ4n) is 1.65. The topological polar surface area (TPSA) is 33.1 Å². The molecule has 0 radical (unpaired) electrons. The van der Waals surface area contributed by atoms with Gasteiger partial charge in [0.15, 0.2) is 0 Å². The first-order chi connectivity index (χ1) is 7.38. The van der Waals surface area contributed by atoms with Gasteiger partial charge in [-0.3, -0.25) is 0 Å². The molecular formula is C13H14BrNO. The minimum Gasteiger partial charge on any atom is -0.384 e. The molecule has 0 bridgehead atoms. The molecule has 1 aromatic carbocycles. The van der Waals surface area contributed by atoms with Gasteiger partial charge in [0.2, 0.25) is 0 Å². The van der Waals surface area contributed by atoms with E-state index in [1.165, 1.54) is 5.56 Å². The number of halogens is 1. The van der Waals surface area contributed by atoms with E-state index in [4.69, 9.17) is 0 Å². The number of hydrogen-bond donors (Lipinski definition) is 1. The van der Waals surface area contributed by atoms with E-state index in [1.807, 2.05) is 12.1 Å². The molecule has 1 heterocycles. The number of aromatic nitrogens is 1. The van der Waals surface area contributed by atoms with Crippen LogP contribution in [0.2, 0.25) is 0 Å². The van der Waals surface area contributed by atoms with Crippen molar-refractivity contribution in [2.24, 2.45) is 0 Å². The lowest BCUT2D eigenvalue weighted by atomic mass is 10.0. The summed E-state index contributed by atoms with van der Waals surface area (Å²) in [4.78, 5) is 4.37. The number of aliphatic hydroxyl groups is 1. The van der Waals surface area contributed by atoms with Gasteiger partial charge in [-0.2, -0.15) is 0 Å². The smallest absolute Gasteiger partial charge is 0.114 e. The Labute approximate surface area is 103 Å². The van der Waals surface area contributed by atoms with Crippen LogP contribution in [-0.4, -0.2) is 10.1 Å². The summed E-state index contributed by atoms with van der Waals surface area (Å²) in [5.74, 6) is 0. The lowest BCUT2D eigenvalue weighted by Gasteiger charge is -2.17. The van der Waals surface area contributed by atoms with Gasteiger partial charge in [0.25, 0.3) is 0 Å². The van der Waals surface area contributed by atoms with Crippen molar-refractivity contribution in [3.63, 3.8) is 0 Å². The molecule has 0 spiro atoms. The van der Waals surface area contributed by atoms with E-state index in [1.54, 1.807) is 13.8 Å². The highest BCUT2D eigenvalue weighted by Gasteiger charge is 2.19. The molecule has 0 fully saturated rings. The normalized spacial score (nSPS) is 12.1. The summed E-state index contributed by atoms with van der Waals surface area (Å²) in [7, 11) is 0. The van der Waals surface area contributed by atoms with Gasteiger partial charge in [-0.05, 0) is 48.2 Å². The van der Waals surface area contributed by atoms with Crippen molar-refractivity contribution < 1.29 is 5.11 Å². The molecule has 0 atom stereocenters. The lowest BCUT2D eigenvalue weighted by Crippen LogP contribution is -2.17. The van der Waals surface area contributed by atoms with Crippen LogP contribution in [-0.2, 0) is 5.60 Å². The number of fused-ring (bicyclic) bond motifs is 1. The van der Waals surface area contributed by atoms with E-state index in [0.717, 1.165) is 15.4 Å². The minimum atomic E-state index is -0.916. The van der Waals surface area contributed by atoms with Crippen LogP contribution in [0.4, 0.5) is 0 Å². The van der Waals surface area contributed by atoms with Crippen molar-refractivity contribution >= 4 is 26.7 Å². The van der Waals surface area contributed by atoms with Crippen LogP contribution in [0.5, 0.6) is 0 Å². The Kier molecular flexibility index (Phi) is 2.76. The first kappa shape index (κ1) is 11.6. The van der Waals surface area contributed by atoms with E-state index in [2.05, 4.69) is 40.0 Å². The highest BCUT2D eigenvalue weighted by atomic mass is 79.9. The molecule has 0 aliphatic carbocycles. The van der Waals surface area contributed by atoms with Crippen molar-refractivity contribution in [2.75, 3.05) is 0 Å². The fourth-order valence-corrected chi connectivity index (χ4v) is 2.20. The maximum atomic E-state index is 9.96. The molecule has 2 nitrogen and oxygen atoms in total. The average molecular weight is 280 g/mol. The van der Waals surface area contributed by atoms with Gasteiger partial charge in [0, 0.05) is 5.39 Å². The van der Waals surface area contributed by atoms with E-state index in [0.29, 0.717) is 5.69 Å². The van der Waals surface area contributed by atoms with Crippen molar-refractivity contribution in [3.05, 3.63) is 40.1 Å². The summed E-state index contributed by atoms with van der Waals surface area (Å²) < 4.78 is 0.780. The highest BCUT2D eigenvalue weighted by Crippen LogP contribution is 2.28. The zero-order valence-electron chi connectivity index (χ0n) is 9.58. The van der Waals surface area contributed by atoms with Crippen LogP contribution >= 0.6 is 15.9 Å². The molecule has 84 valence electrons. The average Bonchev–Trinajstić information content (AvgIpc) is 2.15. The second-order valence-electron chi connectivity index (χ2n) is 4.58. The number of rotatable bonds is 1. The van der Waals surface area contributed by atoms with Crippen LogP contribution in [0.25, 0.3) is 10.8 Å². The molecule has 2 rings (SSSR count). The molecule has 1 aromatic heterocycles. The van der Waals surface area contributed by atoms with E-state index < -0.39 is 5.60 Å². The van der Waals surface area contributed by atoms with Gasteiger partial charge in [0.05, 0.1) is 5.69 Å². The SMILES string of the molecule is Cc1ccc2c(Br)nc(C(C)(C)O)cc2c1. The van der Waals surface area contributed by atoms with Crippen LogP contribution in [0.3, 0.4) is 0 Å². The molecule has 0 aliphatic heterocycles. The summed E-state index contributed by atoms with van der Waals surface area (Å²) in [5, 5.41) is 12.1. The van der Waals surface area contributed by atoms with E-state index >= 15 is 0 Å². The van der Waals surface area contributed by atoms with E-state index in [-0.39, 0.29) is 0 Å². The third kappa shape index (κ3) is 2.11. The maximum absolute atomic E-state index is 9.96. The van der Waals surface area contributed by atoms with Gasteiger partial charge in [-0.15, -0.1) is 0 Å². The zero-order chi connectivity index (χ0) is 11.9. The van der Waals surface area contributed by atoms with Crippen molar-refractivity contribution in [2.45, 2.75) is 26.4 Å². The third-order valence-electron chi connectivity index (χ3n) is 2.57. The highest BCUT2D eigenvalue weighted by molar-refractivity contribution is 9.10. The van der Waals surface area contributed by atoms with Crippen molar-refractivity contribution in [3.8, 4) is 0 Å². The Balaban J connectivity index is 2.75. The minimum absolute atomic E-state index is 0.678. The second kappa shape index (κ2) is 3.82. The predicted molar refractivity (Wildman–Crippen MR) is 69.4 cm³/mol. The van der Waals surface area contributed by atoms with E-state index in [9.17, 15) is 5.11 Å². The Morgan fingerprint density at radius 3 is 2.56 bits per heavy atom. The van der Waals surface area contributed by atoms with Crippen molar-refractivity contribution in [1.82, 2.24) is 4.98 Å². The number of pyridine rings is 1. The molecule has 1 N–H and O–H groups in total. The predicted octanol–water partition coefficient (Wildman–Crippen LogP) is 3.53. The van der Waals surface area contributed by atoms with Crippen LogP contribution in [0.15, 0.2) is 28.9 Å². The number of hydrogen-bond acceptors (Lipinski definition) is 2. The fraction of sp³-hybridized carbons (Fsp3) is 0.308. The number of benzene rings is 1. The molecular weight excluding hydrogens is 266 g/mol. The summed E-state index contributed by atoms with van der Waals surface area (Å²) in [6.45, 7) is 5.53. The van der Waals surface area contributed by atoms with Crippen LogP contribution in [0, 0.1) is 6.92 Å². The van der Waals surface area contributed by atoms with Gasteiger partial charge in [-0.25, -0.2) is 4.98 Å². The molecule has 16 heavy (non-hydrogen) atoms. The monoisotopic (exact) mass is 279 g/mol. The standard InChI is InChI=1S/C13H14BrNO/c1-8-4-5-10-9(6-8)7-11(13(2,3)16)15-12(10)14/h4-7,16H,1-3H3. The summed E-state index contributed by atoms with van der Waals surface area (Å²) in [6.07, 6.45) is 0. The third-order valence-corrected chi connectivity index (χ3v) is 3.17. The molecule has 0 saturated carbocycles. The summed E-state index contributed by atoms with van der Waals surface area (Å²) >= 11 is 3.44. The van der Waals surface area contributed by atoms with Crippen molar-refractivity contribution in [1.29, 1.82) is 0 Å². The Morgan fingerprint density at radius 2 is 1.94 bits per heavy atom. The van der Waals surface area contributed by atoms with Gasteiger partial charge in [0.1, 0.15) is 10.2 Å². The Bertz CT molecular complexity index is 543. The first-order valence-corrected chi connectivity index (χ1v) is 5.97. The van der Waals surface area contributed by atoms with Gasteiger partial charge >= 0.3 is 0 Å². The molecule has 0 unspecified atom stereocenters. The number of nitrogens with zero attached hydrogens (tertiary/aromatic N) is 1. The second-order valence-corrected chi connectivity index (χ2v) is 5.33. The largest absolute Gasteiger partial charge is 0.384 e. The summed E-state index contributed by atoms with van der Waals surface area (Å²) in [5.41, 5.74) is 0.963. The van der Waals surface area contributed by atoms with Gasteiger partial charge < -0.3 is 5.11 Å².